The lowest BCUT2D eigenvalue weighted by atomic mass is 9.79. The van der Waals surface area contributed by atoms with Crippen LogP contribution in [0.1, 0.15) is 66.8 Å². The molecule has 10 nitrogen and oxygen atoms in total. The van der Waals surface area contributed by atoms with E-state index in [-0.39, 0.29) is 25.4 Å². The molecule has 2 heterocycles. The number of aryl methyl sites for hydroxylation is 5. The van der Waals surface area contributed by atoms with Crippen molar-refractivity contribution in [2.24, 2.45) is 10.8 Å². The highest BCUT2D eigenvalue weighted by molar-refractivity contribution is 6.06. The highest BCUT2D eigenvalue weighted by Gasteiger charge is 2.59. The van der Waals surface area contributed by atoms with E-state index in [1.54, 1.807) is 11.8 Å². The van der Waals surface area contributed by atoms with Gasteiger partial charge in [-0.1, -0.05) is 50.1 Å². The fourth-order valence-electron chi connectivity index (χ4n) is 7.67. The zero-order valence-corrected chi connectivity index (χ0v) is 28.4. The quantitative estimate of drug-likeness (QED) is 0.267. The molecular formula is C36H48N2O8. The summed E-state index contributed by atoms with van der Waals surface area (Å²) in [4.78, 5) is 55.9. The Morgan fingerprint density at radius 2 is 1.33 bits per heavy atom. The minimum Gasteiger partial charge on any atom is -0.468 e. The Labute approximate surface area is 272 Å². The van der Waals surface area contributed by atoms with Gasteiger partial charge in [-0.05, 0) is 81.2 Å². The number of methoxy groups -OCH3 is 3. The smallest absolute Gasteiger partial charge is 0.316 e. The number of hydrogen-bond donors (Lipinski definition) is 1. The largest absolute Gasteiger partial charge is 0.468 e. The first-order valence-electron chi connectivity index (χ1n) is 16.0. The standard InChI is InChI=1S/C36H48N2O8/c1-9-35(33(42)45-7)20-37(31(40)29(35)39)28-24(4)18-26(19-25(28)5)16-11-10-12-17-36(34(43)46-8)21-38(32(41)30(36)44-6)27-22(2)14-13-15-23(27)3/h13-15,18-19,29-30,39H,9-12,16-17,20-21H2,1-8H3. The van der Waals surface area contributed by atoms with Gasteiger partial charge >= 0.3 is 11.9 Å². The van der Waals surface area contributed by atoms with Crippen molar-refractivity contribution in [3.63, 3.8) is 0 Å². The van der Waals surface area contributed by atoms with E-state index < -0.39 is 40.9 Å². The molecule has 2 aromatic rings. The normalized spacial score (nSPS) is 24.5. The molecule has 4 unspecified atom stereocenters. The van der Waals surface area contributed by atoms with Crippen LogP contribution in [-0.2, 0) is 39.8 Å². The van der Waals surface area contributed by atoms with Crippen LogP contribution in [0.3, 0.4) is 0 Å². The maximum atomic E-state index is 13.6. The molecule has 4 atom stereocenters. The summed E-state index contributed by atoms with van der Waals surface area (Å²) in [6.07, 6.45) is 1.48. The number of esters is 2. The molecule has 1 N–H and O–H groups in total. The maximum absolute atomic E-state index is 13.6. The van der Waals surface area contributed by atoms with Gasteiger partial charge in [-0.3, -0.25) is 19.2 Å². The van der Waals surface area contributed by atoms with Crippen molar-refractivity contribution in [3.8, 4) is 0 Å². The van der Waals surface area contributed by atoms with Crippen LogP contribution in [0, 0.1) is 38.5 Å². The molecule has 2 aromatic carbocycles. The average molecular weight is 637 g/mol. The molecule has 10 heteroatoms. The van der Waals surface area contributed by atoms with E-state index in [0.29, 0.717) is 18.5 Å². The summed E-state index contributed by atoms with van der Waals surface area (Å²) in [5, 5.41) is 10.8. The first-order valence-corrected chi connectivity index (χ1v) is 16.0. The molecule has 0 saturated carbocycles. The van der Waals surface area contributed by atoms with E-state index in [1.165, 1.54) is 26.2 Å². The number of ether oxygens (including phenoxy) is 3. The molecule has 4 rings (SSSR count). The second-order valence-electron chi connectivity index (χ2n) is 12.9. The Morgan fingerprint density at radius 1 is 0.804 bits per heavy atom. The van der Waals surface area contributed by atoms with Crippen molar-refractivity contribution in [1.29, 1.82) is 0 Å². The minimum absolute atomic E-state index is 0.0605. The lowest BCUT2D eigenvalue weighted by molar-refractivity contribution is -0.162. The number of anilines is 2. The molecule has 0 radical (unpaired) electrons. The summed E-state index contributed by atoms with van der Waals surface area (Å²) >= 11 is 0. The monoisotopic (exact) mass is 636 g/mol. The highest BCUT2D eigenvalue weighted by Crippen LogP contribution is 2.44. The van der Waals surface area contributed by atoms with E-state index in [1.807, 2.05) is 58.0 Å². The molecule has 0 aromatic heterocycles. The number of benzene rings is 2. The number of para-hydroxylation sites is 1. The van der Waals surface area contributed by atoms with Crippen LogP contribution >= 0.6 is 0 Å². The second-order valence-corrected chi connectivity index (χ2v) is 12.9. The lowest BCUT2D eigenvalue weighted by Crippen LogP contribution is -2.44. The van der Waals surface area contributed by atoms with Gasteiger partial charge < -0.3 is 29.1 Å². The van der Waals surface area contributed by atoms with E-state index in [0.717, 1.165) is 52.8 Å². The number of carbonyl (C=O) groups excluding carboxylic acids is 4. The molecule has 0 spiro atoms. The molecule has 2 aliphatic rings. The van der Waals surface area contributed by atoms with E-state index >= 15 is 0 Å². The summed E-state index contributed by atoms with van der Waals surface area (Å²) < 4.78 is 15.9. The number of rotatable bonds is 12. The van der Waals surface area contributed by atoms with Crippen molar-refractivity contribution in [2.45, 2.75) is 85.4 Å². The van der Waals surface area contributed by atoms with Crippen LogP contribution in [-0.4, -0.2) is 75.5 Å². The van der Waals surface area contributed by atoms with Gasteiger partial charge in [0.1, 0.15) is 10.8 Å². The van der Waals surface area contributed by atoms with Crippen LogP contribution in [0.4, 0.5) is 11.4 Å². The minimum atomic E-state index is -1.46. The first-order chi connectivity index (χ1) is 21.8. The number of aliphatic hydroxyl groups excluding tert-OH is 1. The zero-order chi connectivity index (χ0) is 34.0. The first kappa shape index (κ1) is 35.1. The summed E-state index contributed by atoms with van der Waals surface area (Å²) in [7, 11) is 4.09. The van der Waals surface area contributed by atoms with Crippen molar-refractivity contribution in [1.82, 2.24) is 0 Å². The molecule has 46 heavy (non-hydrogen) atoms. The topological polar surface area (TPSA) is 123 Å². The SMILES string of the molecule is CCC1(C(=O)OC)CN(c2c(C)cc(CCCCCC3(C(=O)OC)CN(c4c(C)cccc4C)C(=O)C3OC)cc2C)C(=O)C1O. The van der Waals surface area contributed by atoms with Gasteiger partial charge in [0.05, 0.1) is 14.2 Å². The second kappa shape index (κ2) is 13.9. The Bertz CT molecular complexity index is 1460. The summed E-state index contributed by atoms with van der Waals surface area (Å²) in [6, 6.07) is 9.95. The fourth-order valence-corrected chi connectivity index (χ4v) is 7.67. The van der Waals surface area contributed by atoms with Crippen molar-refractivity contribution in [3.05, 3.63) is 58.1 Å². The van der Waals surface area contributed by atoms with E-state index in [2.05, 4.69) is 0 Å². The number of aliphatic hydroxyl groups is 1. The lowest BCUT2D eigenvalue weighted by Gasteiger charge is -2.30. The number of carbonyl (C=O) groups is 4. The van der Waals surface area contributed by atoms with Crippen LogP contribution in [0.15, 0.2) is 30.3 Å². The Hall–Kier alpha value is -3.76. The fraction of sp³-hybridized carbons (Fsp3) is 0.556. The van der Waals surface area contributed by atoms with Gasteiger partial charge in [0, 0.05) is 31.6 Å². The summed E-state index contributed by atoms with van der Waals surface area (Å²) in [5.74, 6) is -1.76. The van der Waals surface area contributed by atoms with Gasteiger partial charge in [0.2, 0.25) is 0 Å². The highest BCUT2D eigenvalue weighted by atomic mass is 16.5. The van der Waals surface area contributed by atoms with Crippen LogP contribution < -0.4 is 9.80 Å². The third-order valence-electron chi connectivity index (χ3n) is 10.1. The molecule has 250 valence electrons. The maximum Gasteiger partial charge on any atom is 0.316 e. The average Bonchev–Trinajstić information content (AvgIpc) is 3.45. The Morgan fingerprint density at radius 3 is 1.87 bits per heavy atom. The number of amides is 2. The zero-order valence-electron chi connectivity index (χ0n) is 28.4. The number of unbranched alkanes of at least 4 members (excludes halogenated alkanes) is 2. The summed E-state index contributed by atoms with van der Waals surface area (Å²) in [5.41, 5.74) is 3.89. The van der Waals surface area contributed by atoms with Crippen LogP contribution in [0.25, 0.3) is 0 Å². The van der Waals surface area contributed by atoms with Gasteiger partial charge in [-0.2, -0.15) is 0 Å². The number of hydrogen-bond acceptors (Lipinski definition) is 8. The third-order valence-corrected chi connectivity index (χ3v) is 10.1. The van der Waals surface area contributed by atoms with Gasteiger partial charge in [0.25, 0.3) is 11.8 Å². The molecule has 2 amide bonds. The molecule has 0 bridgehead atoms. The molecular weight excluding hydrogens is 588 g/mol. The van der Waals surface area contributed by atoms with Crippen molar-refractivity contribution >= 4 is 35.1 Å². The van der Waals surface area contributed by atoms with Crippen molar-refractivity contribution in [2.75, 3.05) is 44.2 Å². The number of nitrogens with zero attached hydrogens (tertiary/aromatic N) is 2. The Kier molecular flexibility index (Phi) is 10.6. The van der Waals surface area contributed by atoms with E-state index in [4.69, 9.17) is 14.2 Å². The molecule has 2 fully saturated rings. The van der Waals surface area contributed by atoms with Gasteiger partial charge in [0.15, 0.2) is 12.2 Å². The predicted molar refractivity (Wildman–Crippen MR) is 175 cm³/mol. The third kappa shape index (κ3) is 5.93. The summed E-state index contributed by atoms with van der Waals surface area (Å²) in [6.45, 7) is 9.80. The van der Waals surface area contributed by atoms with Crippen LogP contribution in [0.5, 0.6) is 0 Å². The van der Waals surface area contributed by atoms with Gasteiger partial charge in [-0.15, -0.1) is 0 Å². The van der Waals surface area contributed by atoms with Crippen molar-refractivity contribution < 1.29 is 38.5 Å². The molecule has 2 saturated heterocycles. The molecule has 0 aliphatic carbocycles. The van der Waals surface area contributed by atoms with Crippen LogP contribution in [0.2, 0.25) is 0 Å². The predicted octanol–water partition coefficient (Wildman–Crippen LogP) is 4.52. The molecule has 2 aliphatic heterocycles. The Balaban J connectivity index is 1.45. The van der Waals surface area contributed by atoms with E-state index in [9.17, 15) is 24.3 Å². The van der Waals surface area contributed by atoms with Gasteiger partial charge in [-0.25, -0.2) is 0 Å².